The highest BCUT2D eigenvalue weighted by Crippen LogP contribution is 2.53. The average Bonchev–Trinajstić information content (AvgIpc) is 2.76. The van der Waals surface area contributed by atoms with Crippen LogP contribution in [0.25, 0.3) is 0 Å². The number of benzene rings is 1. The summed E-state index contributed by atoms with van der Waals surface area (Å²) in [6.07, 6.45) is 1.40. The Morgan fingerprint density at radius 3 is 2.80 bits per heavy atom. The smallest absolute Gasteiger partial charge is 0.231 e. The molecule has 0 aromatic heterocycles. The van der Waals surface area contributed by atoms with E-state index in [0.717, 1.165) is 0 Å². The highest BCUT2D eigenvalue weighted by molar-refractivity contribution is 5.57. The number of fused-ring (bicyclic) bond motifs is 1. The SMILES string of the molecule is NC1(c2c(F)c(O)cc3c2OCO3)CC1. The van der Waals surface area contributed by atoms with Crippen LogP contribution in [0.1, 0.15) is 18.4 Å². The summed E-state index contributed by atoms with van der Waals surface area (Å²) in [5.74, 6) is -0.434. The monoisotopic (exact) mass is 211 g/mol. The van der Waals surface area contributed by atoms with E-state index < -0.39 is 17.1 Å². The van der Waals surface area contributed by atoms with Crippen LogP contribution in [0.4, 0.5) is 4.39 Å². The lowest BCUT2D eigenvalue weighted by Crippen LogP contribution is -2.21. The quantitative estimate of drug-likeness (QED) is 0.732. The Bertz CT molecular complexity index is 443. The Balaban J connectivity index is 2.26. The summed E-state index contributed by atoms with van der Waals surface area (Å²) in [5, 5.41) is 9.39. The molecule has 1 aliphatic carbocycles. The lowest BCUT2D eigenvalue weighted by Gasteiger charge is -2.14. The minimum atomic E-state index is -0.695. The number of aromatic hydroxyl groups is 1. The minimum absolute atomic E-state index is 0.0430. The maximum absolute atomic E-state index is 13.7. The molecular formula is C10H10FNO3. The Morgan fingerprint density at radius 2 is 2.13 bits per heavy atom. The number of hydrogen-bond acceptors (Lipinski definition) is 4. The van der Waals surface area contributed by atoms with Crippen LogP contribution in [0.15, 0.2) is 6.07 Å². The Morgan fingerprint density at radius 1 is 1.40 bits per heavy atom. The Kier molecular flexibility index (Phi) is 1.49. The van der Waals surface area contributed by atoms with Crippen molar-refractivity contribution < 1.29 is 19.0 Å². The van der Waals surface area contributed by atoms with E-state index in [-0.39, 0.29) is 12.4 Å². The molecule has 0 radical (unpaired) electrons. The van der Waals surface area contributed by atoms with E-state index in [4.69, 9.17) is 15.2 Å². The van der Waals surface area contributed by atoms with Gasteiger partial charge in [0.15, 0.2) is 23.1 Å². The van der Waals surface area contributed by atoms with Gasteiger partial charge >= 0.3 is 0 Å². The molecule has 80 valence electrons. The molecule has 0 spiro atoms. The molecule has 1 heterocycles. The molecule has 1 saturated carbocycles. The molecule has 1 aliphatic heterocycles. The number of halogens is 1. The van der Waals surface area contributed by atoms with Crippen molar-refractivity contribution in [1.29, 1.82) is 0 Å². The van der Waals surface area contributed by atoms with Gasteiger partial charge in [0.25, 0.3) is 0 Å². The van der Waals surface area contributed by atoms with Crippen molar-refractivity contribution in [2.45, 2.75) is 18.4 Å². The Labute approximate surface area is 85.4 Å². The van der Waals surface area contributed by atoms with Crippen LogP contribution in [0.2, 0.25) is 0 Å². The van der Waals surface area contributed by atoms with Crippen LogP contribution >= 0.6 is 0 Å². The fourth-order valence-electron chi connectivity index (χ4n) is 1.84. The highest BCUT2D eigenvalue weighted by Gasteiger charge is 2.47. The first kappa shape index (κ1) is 8.79. The summed E-state index contributed by atoms with van der Waals surface area (Å²) in [5.41, 5.74) is 5.48. The predicted octanol–water partition coefficient (Wildman–Crippen LogP) is 1.21. The van der Waals surface area contributed by atoms with Gasteiger partial charge in [-0.05, 0) is 12.8 Å². The molecule has 0 unspecified atom stereocenters. The normalized spacial score (nSPS) is 20.4. The second kappa shape index (κ2) is 2.55. The molecule has 1 aromatic rings. The largest absolute Gasteiger partial charge is 0.505 e. The summed E-state index contributed by atoms with van der Waals surface area (Å²) >= 11 is 0. The second-order valence-corrected chi connectivity index (χ2v) is 3.97. The zero-order chi connectivity index (χ0) is 10.6. The maximum Gasteiger partial charge on any atom is 0.231 e. The molecule has 0 bridgehead atoms. The highest BCUT2D eigenvalue weighted by atomic mass is 19.1. The third-order valence-corrected chi connectivity index (χ3v) is 2.87. The fraction of sp³-hybridized carbons (Fsp3) is 0.400. The van der Waals surface area contributed by atoms with Crippen LogP contribution in [0, 0.1) is 5.82 Å². The van der Waals surface area contributed by atoms with E-state index in [1.807, 2.05) is 0 Å². The number of ether oxygens (including phenoxy) is 2. The van der Waals surface area contributed by atoms with E-state index in [9.17, 15) is 9.50 Å². The molecule has 0 amide bonds. The minimum Gasteiger partial charge on any atom is -0.505 e. The van der Waals surface area contributed by atoms with Crippen LogP contribution in [-0.4, -0.2) is 11.9 Å². The van der Waals surface area contributed by atoms with Crippen LogP contribution < -0.4 is 15.2 Å². The molecule has 5 heteroatoms. The van der Waals surface area contributed by atoms with E-state index in [1.54, 1.807) is 0 Å². The van der Waals surface area contributed by atoms with E-state index in [1.165, 1.54) is 6.07 Å². The maximum atomic E-state index is 13.7. The number of hydrogen-bond donors (Lipinski definition) is 2. The first-order valence-corrected chi connectivity index (χ1v) is 4.72. The topological polar surface area (TPSA) is 64.7 Å². The molecule has 15 heavy (non-hydrogen) atoms. The summed E-state index contributed by atoms with van der Waals surface area (Å²) in [6.45, 7) is 0.0430. The van der Waals surface area contributed by atoms with E-state index >= 15 is 0 Å². The number of rotatable bonds is 1. The van der Waals surface area contributed by atoms with Gasteiger partial charge in [-0.1, -0.05) is 0 Å². The first-order valence-electron chi connectivity index (χ1n) is 4.72. The van der Waals surface area contributed by atoms with Gasteiger partial charge in [-0.15, -0.1) is 0 Å². The number of phenolic OH excluding ortho intramolecular Hbond substituents is 1. The molecule has 3 rings (SSSR count). The fourth-order valence-corrected chi connectivity index (χ4v) is 1.84. The molecule has 1 aromatic carbocycles. The summed E-state index contributed by atoms with van der Waals surface area (Å²) in [7, 11) is 0. The summed E-state index contributed by atoms with van der Waals surface area (Å²) in [6, 6.07) is 1.22. The van der Waals surface area contributed by atoms with E-state index in [0.29, 0.717) is 24.3 Å². The van der Waals surface area contributed by atoms with Crippen LogP contribution in [-0.2, 0) is 5.54 Å². The van der Waals surface area contributed by atoms with Crippen LogP contribution in [0.5, 0.6) is 17.2 Å². The molecule has 2 aliphatic rings. The Hall–Kier alpha value is -1.49. The predicted molar refractivity (Wildman–Crippen MR) is 49.3 cm³/mol. The summed E-state index contributed by atoms with van der Waals surface area (Å²) in [4.78, 5) is 0. The van der Waals surface area contributed by atoms with Crippen molar-refractivity contribution in [2.24, 2.45) is 5.73 Å². The van der Waals surface area contributed by atoms with Crippen molar-refractivity contribution in [2.75, 3.05) is 6.79 Å². The first-order chi connectivity index (χ1) is 7.12. The van der Waals surface area contributed by atoms with Crippen molar-refractivity contribution in [3.05, 3.63) is 17.4 Å². The lowest BCUT2D eigenvalue weighted by atomic mass is 10.0. The lowest BCUT2D eigenvalue weighted by molar-refractivity contribution is 0.172. The van der Waals surface area contributed by atoms with Crippen LogP contribution in [0.3, 0.4) is 0 Å². The standard InChI is InChI=1S/C10H10FNO3/c11-8-5(13)3-6-9(15-4-14-6)7(8)10(12)1-2-10/h3,13H,1-2,4,12H2. The van der Waals surface area contributed by atoms with Gasteiger partial charge in [0, 0.05) is 11.6 Å². The van der Waals surface area contributed by atoms with Crippen molar-refractivity contribution >= 4 is 0 Å². The van der Waals surface area contributed by atoms with Gasteiger partial charge in [0.2, 0.25) is 6.79 Å². The van der Waals surface area contributed by atoms with Gasteiger partial charge < -0.3 is 20.3 Å². The average molecular weight is 211 g/mol. The van der Waals surface area contributed by atoms with Gasteiger partial charge in [-0.25, -0.2) is 4.39 Å². The van der Waals surface area contributed by atoms with Crippen molar-refractivity contribution in [3.8, 4) is 17.2 Å². The van der Waals surface area contributed by atoms with E-state index in [2.05, 4.69) is 0 Å². The van der Waals surface area contributed by atoms with Gasteiger partial charge in [-0.3, -0.25) is 0 Å². The molecule has 0 saturated heterocycles. The molecule has 0 atom stereocenters. The van der Waals surface area contributed by atoms with Gasteiger partial charge in [-0.2, -0.15) is 0 Å². The second-order valence-electron chi connectivity index (χ2n) is 3.97. The molecule has 1 fully saturated rings. The third kappa shape index (κ3) is 1.10. The number of phenols is 1. The number of nitrogens with two attached hydrogens (primary N) is 1. The molecule has 4 nitrogen and oxygen atoms in total. The zero-order valence-corrected chi connectivity index (χ0v) is 7.92. The molecular weight excluding hydrogens is 201 g/mol. The van der Waals surface area contributed by atoms with Gasteiger partial charge in [0.1, 0.15) is 0 Å². The third-order valence-electron chi connectivity index (χ3n) is 2.87. The van der Waals surface area contributed by atoms with Crippen molar-refractivity contribution in [1.82, 2.24) is 0 Å². The summed E-state index contributed by atoms with van der Waals surface area (Å²) < 4.78 is 24.0. The van der Waals surface area contributed by atoms with Gasteiger partial charge in [0.05, 0.1) is 5.56 Å². The zero-order valence-electron chi connectivity index (χ0n) is 7.92. The van der Waals surface area contributed by atoms with Crippen molar-refractivity contribution in [3.63, 3.8) is 0 Å². The molecule has 3 N–H and O–H groups in total.